The Morgan fingerprint density at radius 2 is 2.24 bits per heavy atom. The molecule has 0 aliphatic rings. The van der Waals surface area contributed by atoms with E-state index in [1.54, 1.807) is 12.3 Å². The van der Waals surface area contributed by atoms with Crippen molar-refractivity contribution in [1.29, 1.82) is 0 Å². The average Bonchev–Trinajstić information content (AvgIpc) is 3.16. The Morgan fingerprint density at radius 3 is 2.90 bits per heavy atom. The minimum absolute atomic E-state index is 0.374. The summed E-state index contributed by atoms with van der Waals surface area (Å²) in [6.45, 7) is 2.83. The summed E-state index contributed by atoms with van der Waals surface area (Å²) in [7, 11) is 0. The van der Waals surface area contributed by atoms with Crippen molar-refractivity contribution in [2.24, 2.45) is 0 Å². The van der Waals surface area contributed by atoms with Gasteiger partial charge in [0.2, 0.25) is 11.8 Å². The number of rotatable bonds is 5. The van der Waals surface area contributed by atoms with Crippen LogP contribution in [0.2, 0.25) is 0 Å². The Labute approximate surface area is 128 Å². The molecule has 0 spiro atoms. The highest BCUT2D eigenvalue weighted by Crippen LogP contribution is 2.27. The Hall–Kier alpha value is -2.29. The lowest BCUT2D eigenvalue weighted by molar-refractivity contribution is 0.575. The molecule has 0 aliphatic heterocycles. The van der Waals surface area contributed by atoms with Gasteiger partial charge < -0.3 is 9.73 Å². The Balaban J connectivity index is 2.07. The SMILES string of the molecule is CCCNc1nc(-c2occc2Br)nc(-n2cncn2)n1. The highest BCUT2D eigenvalue weighted by atomic mass is 79.9. The molecule has 0 fully saturated rings. The third-order valence-electron chi connectivity index (χ3n) is 2.60. The first-order valence-electron chi connectivity index (χ1n) is 6.36. The summed E-state index contributed by atoms with van der Waals surface area (Å²) >= 11 is 3.40. The molecule has 0 radical (unpaired) electrons. The number of halogens is 1. The molecule has 3 aromatic rings. The maximum absolute atomic E-state index is 5.41. The van der Waals surface area contributed by atoms with Crippen molar-refractivity contribution >= 4 is 21.9 Å². The quantitative estimate of drug-likeness (QED) is 0.754. The fraction of sp³-hybridized carbons (Fsp3) is 0.250. The smallest absolute Gasteiger partial charge is 0.257 e. The van der Waals surface area contributed by atoms with Crippen LogP contribution in [0.5, 0.6) is 0 Å². The summed E-state index contributed by atoms with van der Waals surface area (Å²) in [5.74, 6) is 1.80. The number of nitrogens with zero attached hydrogens (tertiary/aromatic N) is 6. The highest BCUT2D eigenvalue weighted by molar-refractivity contribution is 9.10. The van der Waals surface area contributed by atoms with Gasteiger partial charge >= 0.3 is 0 Å². The number of anilines is 1. The molecule has 8 nitrogen and oxygen atoms in total. The zero-order chi connectivity index (χ0) is 14.7. The molecule has 3 rings (SSSR count). The van der Waals surface area contributed by atoms with Gasteiger partial charge in [0.25, 0.3) is 5.95 Å². The zero-order valence-electron chi connectivity index (χ0n) is 11.2. The number of hydrogen-bond acceptors (Lipinski definition) is 7. The van der Waals surface area contributed by atoms with Crippen LogP contribution in [-0.2, 0) is 0 Å². The molecule has 0 amide bonds. The number of furan rings is 1. The molecule has 0 saturated carbocycles. The second kappa shape index (κ2) is 6.00. The minimum atomic E-state index is 0.374. The van der Waals surface area contributed by atoms with Gasteiger partial charge in [-0.05, 0) is 28.4 Å². The van der Waals surface area contributed by atoms with Crippen LogP contribution >= 0.6 is 15.9 Å². The van der Waals surface area contributed by atoms with Gasteiger partial charge in [-0.25, -0.2) is 4.98 Å². The Kier molecular flexibility index (Phi) is 3.91. The van der Waals surface area contributed by atoms with Gasteiger partial charge in [-0.3, -0.25) is 0 Å². The molecular weight excluding hydrogens is 338 g/mol. The maximum atomic E-state index is 5.41. The molecule has 0 atom stereocenters. The van der Waals surface area contributed by atoms with Crippen molar-refractivity contribution in [3.05, 3.63) is 29.5 Å². The lowest BCUT2D eigenvalue weighted by atomic mass is 10.4. The highest BCUT2D eigenvalue weighted by Gasteiger charge is 2.15. The molecule has 0 bridgehead atoms. The second-order valence-corrected chi connectivity index (χ2v) is 5.00. The van der Waals surface area contributed by atoms with Crippen molar-refractivity contribution in [3.8, 4) is 17.5 Å². The second-order valence-electron chi connectivity index (χ2n) is 4.15. The summed E-state index contributed by atoms with van der Waals surface area (Å²) in [5.41, 5.74) is 0. The van der Waals surface area contributed by atoms with Crippen LogP contribution in [0.3, 0.4) is 0 Å². The van der Waals surface area contributed by atoms with Crippen LogP contribution in [0.4, 0.5) is 5.95 Å². The molecular formula is C12H12BrN7O. The molecule has 108 valence electrons. The first kappa shape index (κ1) is 13.7. The van der Waals surface area contributed by atoms with Crippen LogP contribution in [0.25, 0.3) is 17.5 Å². The van der Waals surface area contributed by atoms with Crippen molar-refractivity contribution in [3.63, 3.8) is 0 Å². The summed E-state index contributed by atoms with van der Waals surface area (Å²) in [5, 5.41) is 7.17. The maximum Gasteiger partial charge on any atom is 0.257 e. The Bertz CT molecular complexity index is 725. The largest absolute Gasteiger partial charge is 0.460 e. The summed E-state index contributed by atoms with van der Waals surface area (Å²) in [6.07, 6.45) is 5.48. The molecule has 0 unspecified atom stereocenters. The molecule has 3 aromatic heterocycles. The van der Waals surface area contributed by atoms with Gasteiger partial charge in [0.15, 0.2) is 5.76 Å². The van der Waals surface area contributed by atoms with Gasteiger partial charge in [0.1, 0.15) is 12.7 Å². The van der Waals surface area contributed by atoms with Crippen LogP contribution in [0.1, 0.15) is 13.3 Å². The predicted molar refractivity (Wildman–Crippen MR) is 78.9 cm³/mol. The summed E-state index contributed by atoms with van der Waals surface area (Å²) in [6, 6.07) is 1.79. The monoisotopic (exact) mass is 349 g/mol. The molecule has 0 aromatic carbocycles. The van der Waals surface area contributed by atoms with Gasteiger partial charge in [-0.1, -0.05) is 6.92 Å². The van der Waals surface area contributed by atoms with E-state index in [4.69, 9.17) is 4.42 Å². The van der Waals surface area contributed by atoms with E-state index in [9.17, 15) is 0 Å². The van der Waals surface area contributed by atoms with Gasteiger partial charge in [-0.2, -0.15) is 24.7 Å². The van der Waals surface area contributed by atoms with Crippen LogP contribution < -0.4 is 5.32 Å². The first-order chi connectivity index (χ1) is 10.3. The van der Waals surface area contributed by atoms with Gasteiger partial charge in [-0.15, -0.1) is 0 Å². The molecule has 0 aliphatic carbocycles. The molecule has 21 heavy (non-hydrogen) atoms. The lowest BCUT2D eigenvalue weighted by Crippen LogP contribution is -2.10. The average molecular weight is 350 g/mol. The van der Waals surface area contributed by atoms with Crippen molar-refractivity contribution in [2.75, 3.05) is 11.9 Å². The van der Waals surface area contributed by atoms with E-state index in [0.717, 1.165) is 17.4 Å². The van der Waals surface area contributed by atoms with E-state index in [1.165, 1.54) is 17.3 Å². The third kappa shape index (κ3) is 2.92. The van der Waals surface area contributed by atoms with E-state index in [1.807, 2.05) is 0 Å². The fourth-order valence-corrected chi connectivity index (χ4v) is 2.03. The summed E-state index contributed by atoms with van der Waals surface area (Å²) < 4.78 is 7.66. The normalized spacial score (nSPS) is 10.8. The first-order valence-corrected chi connectivity index (χ1v) is 7.15. The molecule has 9 heteroatoms. The number of nitrogens with one attached hydrogen (secondary N) is 1. The zero-order valence-corrected chi connectivity index (χ0v) is 12.8. The number of aromatic nitrogens is 6. The van der Waals surface area contributed by atoms with Crippen molar-refractivity contribution in [2.45, 2.75) is 13.3 Å². The fourth-order valence-electron chi connectivity index (χ4n) is 1.65. The Morgan fingerprint density at radius 1 is 1.33 bits per heavy atom. The standard InChI is InChI=1S/C12H12BrN7O/c1-2-4-15-11-17-10(9-8(13)3-5-21-9)18-12(19-11)20-7-14-6-16-20/h3,5-7H,2,4H2,1H3,(H,15,17,18,19). The van der Waals surface area contributed by atoms with E-state index in [2.05, 4.69) is 53.2 Å². The van der Waals surface area contributed by atoms with Crippen LogP contribution in [0, 0.1) is 0 Å². The molecule has 3 heterocycles. The van der Waals surface area contributed by atoms with E-state index in [0.29, 0.717) is 23.5 Å². The van der Waals surface area contributed by atoms with E-state index < -0.39 is 0 Å². The van der Waals surface area contributed by atoms with Crippen molar-refractivity contribution < 1.29 is 4.42 Å². The third-order valence-corrected chi connectivity index (χ3v) is 3.23. The van der Waals surface area contributed by atoms with Gasteiger partial charge in [0.05, 0.1) is 10.7 Å². The van der Waals surface area contributed by atoms with E-state index in [-0.39, 0.29) is 0 Å². The van der Waals surface area contributed by atoms with E-state index >= 15 is 0 Å². The molecule has 1 N–H and O–H groups in total. The minimum Gasteiger partial charge on any atom is -0.460 e. The van der Waals surface area contributed by atoms with Crippen molar-refractivity contribution in [1.82, 2.24) is 29.7 Å². The summed E-state index contributed by atoms with van der Waals surface area (Å²) in [4.78, 5) is 16.9. The molecule has 0 saturated heterocycles. The lowest BCUT2D eigenvalue weighted by Gasteiger charge is -2.07. The topological polar surface area (TPSA) is 94.6 Å². The number of hydrogen-bond donors (Lipinski definition) is 1. The van der Waals surface area contributed by atoms with Crippen LogP contribution in [0.15, 0.2) is 33.9 Å². The predicted octanol–water partition coefficient (Wildman–Crippen LogP) is 2.30. The van der Waals surface area contributed by atoms with Gasteiger partial charge in [0, 0.05) is 6.54 Å². The van der Waals surface area contributed by atoms with Crippen LogP contribution in [-0.4, -0.2) is 36.3 Å².